The quantitative estimate of drug-likeness (QED) is 0.449. The SMILES string of the molecule is COC(=O)c1cc(C(=O)O)nc2c(C(N)=O)ncn12.Cc1cc(CN)ccc1C(=O)OC(C)(C)C. The van der Waals surface area contributed by atoms with Crippen molar-refractivity contribution in [2.24, 2.45) is 11.5 Å². The zero-order chi connectivity index (χ0) is 26.5. The highest BCUT2D eigenvalue weighted by atomic mass is 16.6. The summed E-state index contributed by atoms with van der Waals surface area (Å²) in [5.41, 5.74) is 11.8. The first kappa shape index (κ1) is 26.9. The molecule has 0 radical (unpaired) electrons. The third-order valence-corrected chi connectivity index (χ3v) is 4.49. The number of hydrogen-bond acceptors (Lipinski definition) is 9. The van der Waals surface area contributed by atoms with Crippen LogP contribution in [0.1, 0.15) is 73.7 Å². The number of fused-ring (bicyclic) bond motifs is 1. The number of imidazole rings is 1. The molecule has 35 heavy (non-hydrogen) atoms. The zero-order valence-electron chi connectivity index (χ0n) is 20.0. The van der Waals surface area contributed by atoms with Crippen molar-refractivity contribution in [3.05, 3.63) is 64.4 Å². The Kier molecular flexibility index (Phi) is 8.26. The molecule has 0 unspecified atom stereocenters. The second-order valence-electron chi connectivity index (χ2n) is 8.33. The lowest BCUT2D eigenvalue weighted by atomic mass is 10.0. The van der Waals surface area contributed by atoms with Gasteiger partial charge in [-0.3, -0.25) is 9.20 Å². The Morgan fingerprint density at radius 2 is 1.77 bits per heavy atom. The fourth-order valence-electron chi connectivity index (χ4n) is 2.93. The Bertz CT molecular complexity index is 1290. The minimum atomic E-state index is -1.36. The van der Waals surface area contributed by atoms with Crippen LogP contribution in [0.25, 0.3) is 5.65 Å². The number of rotatable bonds is 5. The Balaban J connectivity index is 0.000000251. The molecule has 2 heterocycles. The van der Waals surface area contributed by atoms with Gasteiger partial charge in [-0.05, 0) is 44.9 Å². The van der Waals surface area contributed by atoms with Crippen molar-refractivity contribution in [3.8, 4) is 0 Å². The average Bonchev–Trinajstić information content (AvgIpc) is 3.21. The average molecular weight is 485 g/mol. The first-order chi connectivity index (χ1) is 16.3. The number of amides is 1. The fraction of sp³-hybridized carbons (Fsp3) is 0.304. The molecule has 3 aromatic rings. The molecule has 0 saturated heterocycles. The van der Waals surface area contributed by atoms with Crippen LogP contribution in [0, 0.1) is 6.92 Å². The second-order valence-corrected chi connectivity index (χ2v) is 8.33. The number of aromatic carboxylic acids is 1. The van der Waals surface area contributed by atoms with E-state index in [1.54, 1.807) is 6.07 Å². The monoisotopic (exact) mass is 485 g/mol. The number of nitrogens with zero attached hydrogens (tertiary/aromatic N) is 3. The summed E-state index contributed by atoms with van der Waals surface area (Å²) < 4.78 is 11.0. The number of ether oxygens (including phenoxy) is 2. The van der Waals surface area contributed by atoms with Gasteiger partial charge < -0.3 is 26.0 Å². The lowest BCUT2D eigenvalue weighted by Gasteiger charge is -2.20. The summed E-state index contributed by atoms with van der Waals surface area (Å²) in [6, 6.07) is 6.56. The van der Waals surface area contributed by atoms with E-state index in [0.29, 0.717) is 12.1 Å². The fourth-order valence-corrected chi connectivity index (χ4v) is 2.93. The van der Waals surface area contributed by atoms with Gasteiger partial charge in [-0.25, -0.2) is 24.4 Å². The summed E-state index contributed by atoms with van der Waals surface area (Å²) in [4.78, 5) is 52.9. The largest absolute Gasteiger partial charge is 0.477 e. The molecule has 5 N–H and O–H groups in total. The predicted octanol–water partition coefficient (Wildman–Crippen LogP) is 1.72. The molecular weight excluding hydrogens is 458 g/mol. The molecule has 0 aliphatic heterocycles. The number of carboxylic acid groups (broad SMARTS) is 1. The van der Waals surface area contributed by atoms with Crippen LogP contribution in [-0.2, 0) is 16.0 Å². The number of esters is 2. The van der Waals surface area contributed by atoms with Crippen LogP contribution in [0.5, 0.6) is 0 Å². The molecule has 0 bridgehead atoms. The molecule has 12 nitrogen and oxygen atoms in total. The van der Waals surface area contributed by atoms with Crippen molar-refractivity contribution >= 4 is 29.5 Å². The van der Waals surface area contributed by atoms with Crippen LogP contribution in [-0.4, -0.2) is 56.0 Å². The van der Waals surface area contributed by atoms with Crippen LogP contribution in [0.2, 0.25) is 0 Å². The smallest absolute Gasteiger partial charge is 0.355 e. The van der Waals surface area contributed by atoms with E-state index in [4.69, 9.17) is 21.3 Å². The first-order valence-electron chi connectivity index (χ1n) is 10.3. The van der Waals surface area contributed by atoms with Crippen molar-refractivity contribution in [2.45, 2.75) is 39.8 Å². The lowest BCUT2D eigenvalue weighted by Crippen LogP contribution is -2.24. The van der Waals surface area contributed by atoms with Crippen molar-refractivity contribution in [1.82, 2.24) is 14.4 Å². The van der Waals surface area contributed by atoms with Gasteiger partial charge in [0, 0.05) is 12.6 Å². The second kappa shape index (κ2) is 10.7. The van der Waals surface area contributed by atoms with Gasteiger partial charge in [0.05, 0.1) is 12.7 Å². The summed E-state index contributed by atoms with van der Waals surface area (Å²) in [6.07, 6.45) is 1.14. The predicted molar refractivity (Wildman–Crippen MR) is 124 cm³/mol. The van der Waals surface area contributed by atoms with Crippen molar-refractivity contribution in [3.63, 3.8) is 0 Å². The Labute approximate surface area is 200 Å². The van der Waals surface area contributed by atoms with Gasteiger partial charge in [0.1, 0.15) is 17.6 Å². The van der Waals surface area contributed by atoms with Gasteiger partial charge in [0.25, 0.3) is 5.91 Å². The van der Waals surface area contributed by atoms with E-state index in [2.05, 4.69) is 14.7 Å². The molecule has 0 spiro atoms. The van der Waals surface area contributed by atoms with E-state index in [1.165, 1.54) is 0 Å². The molecule has 2 aromatic heterocycles. The van der Waals surface area contributed by atoms with Gasteiger partial charge in [-0.1, -0.05) is 12.1 Å². The summed E-state index contributed by atoms with van der Waals surface area (Å²) in [5, 5.41) is 8.93. The van der Waals surface area contributed by atoms with Crippen molar-refractivity contribution in [1.29, 1.82) is 0 Å². The third kappa shape index (κ3) is 6.60. The Morgan fingerprint density at radius 1 is 1.11 bits per heavy atom. The Hall–Kier alpha value is -4.32. The van der Waals surface area contributed by atoms with E-state index in [1.807, 2.05) is 39.8 Å². The molecule has 0 saturated carbocycles. The highest BCUT2D eigenvalue weighted by Crippen LogP contribution is 2.16. The number of benzene rings is 1. The van der Waals surface area contributed by atoms with Gasteiger partial charge in [0.2, 0.25) is 0 Å². The molecule has 3 rings (SSSR count). The maximum Gasteiger partial charge on any atom is 0.355 e. The van der Waals surface area contributed by atoms with Crippen LogP contribution < -0.4 is 11.5 Å². The van der Waals surface area contributed by atoms with Gasteiger partial charge >= 0.3 is 17.9 Å². The number of carboxylic acids is 1. The van der Waals surface area contributed by atoms with Gasteiger partial charge in [-0.2, -0.15) is 0 Å². The minimum absolute atomic E-state index is 0.118. The summed E-state index contributed by atoms with van der Waals surface area (Å²) in [7, 11) is 1.14. The standard InChI is InChI=1S/C13H19NO2.C10H8N4O5/c1-9-7-10(8-14)5-6-11(9)12(15)16-13(2,3)4;1-19-10(18)5-2-4(9(16)17)13-8-6(7(11)15)12-3-14(5)8/h5-7H,8,14H2,1-4H3;2-3H,1H3,(H2,11,15)(H,16,17). The molecule has 0 fully saturated rings. The van der Waals surface area contributed by atoms with E-state index in [9.17, 15) is 19.2 Å². The first-order valence-corrected chi connectivity index (χ1v) is 10.3. The normalized spacial score (nSPS) is 10.8. The number of aryl methyl sites for hydroxylation is 1. The van der Waals surface area contributed by atoms with Crippen LogP contribution in [0.15, 0.2) is 30.6 Å². The van der Waals surface area contributed by atoms with E-state index in [0.717, 1.165) is 35.0 Å². The number of nitrogens with two attached hydrogens (primary N) is 2. The van der Waals surface area contributed by atoms with E-state index < -0.39 is 29.1 Å². The molecule has 1 aromatic carbocycles. The summed E-state index contributed by atoms with van der Waals surface area (Å²) in [6.45, 7) is 7.94. The van der Waals surface area contributed by atoms with E-state index in [-0.39, 0.29) is 23.0 Å². The molecule has 0 aliphatic carbocycles. The molecule has 0 aliphatic rings. The topological polar surface area (TPSA) is 189 Å². The number of carbonyl (C=O) groups is 4. The third-order valence-electron chi connectivity index (χ3n) is 4.49. The number of primary amides is 1. The van der Waals surface area contributed by atoms with Crippen LogP contribution in [0.4, 0.5) is 0 Å². The molecule has 186 valence electrons. The number of hydrogen-bond donors (Lipinski definition) is 3. The van der Waals surface area contributed by atoms with Crippen LogP contribution >= 0.6 is 0 Å². The van der Waals surface area contributed by atoms with Gasteiger partial charge in [0.15, 0.2) is 17.0 Å². The molecule has 12 heteroatoms. The number of methoxy groups -OCH3 is 1. The molecular formula is C23H27N5O7. The minimum Gasteiger partial charge on any atom is -0.477 e. The van der Waals surface area contributed by atoms with Crippen molar-refractivity contribution in [2.75, 3.05) is 7.11 Å². The highest BCUT2D eigenvalue weighted by molar-refractivity contribution is 5.99. The Morgan fingerprint density at radius 3 is 2.26 bits per heavy atom. The summed E-state index contributed by atoms with van der Waals surface area (Å²) >= 11 is 0. The number of aromatic nitrogens is 3. The molecule has 0 atom stereocenters. The van der Waals surface area contributed by atoms with Crippen molar-refractivity contribution < 1.29 is 33.8 Å². The lowest BCUT2D eigenvalue weighted by molar-refractivity contribution is 0.00682. The van der Waals surface area contributed by atoms with Gasteiger partial charge in [-0.15, -0.1) is 0 Å². The highest BCUT2D eigenvalue weighted by Gasteiger charge is 2.21. The van der Waals surface area contributed by atoms with E-state index >= 15 is 0 Å². The maximum atomic E-state index is 11.8. The summed E-state index contributed by atoms with van der Waals surface area (Å²) in [5.74, 6) is -3.31. The maximum absolute atomic E-state index is 11.8. The van der Waals surface area contributed by atoms with Crippen LogP contribution in [0.3, 0.4) is 0 Å². The number of carbonyl (C=O) groups excluding carboxylic acids is 3. The zero-order valence-corrected chi connectivity index (χ0v) is 20.0. The molecule has 1 amide bonds.